The van der Waals surface area contributed by atoms with Crippen LogP contribution in [0.15, 0.2) is 41.2 Å². The maximum atomic E-state index is 13.4. The molecule has 1 aliphatic heterocycles. The molecule has 3 aromatic rings. The topological polar surface area (TPSA) is 126 Å². The summed E-state index contributed by atoms with van der Waals surface area (Å²) in [6, 6.07) is 9.55. The fourth-order valence-electron chi connectivity index (χ4n) is 5.49. The molecule has 2 unspecified atom stereocenters. The van der Waals surface area contributed by atoms with Gasteiger partial charge in [0.2, 0.25) is 5.95 Å². The van der Waals surface area contributed by atoms with Crippen molar-refractivity contribution in [3.05, 3.63) is 63.4 Å². The van der Waals surface area contributed by atoms with Crippen LogP contribution in [-0.2, 0) is 11.8 Å². The second kappa shape index (κ2) is 10.0. The predicted molar refractivity (Wildman–Crippen MR) is 141 cm³/mol. The fourth-order valence-corrected chi connectivity index (χ4v) is 5.49. The number of nitrogens with one attached hydrogen (secondary N) is 2. The Bertz CT molecular complexity index is 1540. The molecule has 2 aromatic carbocycles. The Morgan fingerprint density at radius 1 is 1.20 bits per heavy atom. The SMILES string of the molecule is Cc1cc(C(C)Nc2ccccc2C(=O)O)c2nc(N3C[C@@H]4C(NC(=O)OCC(F)(F)F)[C@@H]4C3)n(C)c(=O)c2c1. The van der Waals surface area contributed by atoms with E-state index in [2.05, 4.69) is 15.4 Å². The number of alkyl halides is 3. The number of nitrogens with zero attached hydrogens (tertiary/aromatic N) is 3. The van der Waals surface area contributed by atoms with E-state index in [0.717, 1.165) is 11.1 Å². The molecule has 1 aromatic heterocycles. The normalized spacial score (nSPS) is 20.6. The van der Waals surface area contributed by atoms with Gasteiger partial charge in [0.25, 0.3) is 5.56 Å². The lowest BCUT2D eigenvalue weighted by Gasteiger charge is -2.25. The van der Waals surface area contributed by atoms with Gasteiger partial charge in [0.15, 0.2) is 6.61 Å². The number of halogens is 3. The zero-order valence-corrected chi connectivity index (χ0v) is 22.0. The summed E-state index contributed by atoms with van der Waals surface area (Å²) in [5.41, 5.74) is 2.39. The van der Waals surface area contributed by atoms with Crippen molar-refractivity contribution >= 4 is 34.6 Å². The van der Waals surface area contributed by atoms with E-state index in [0.29, 0.717) is 35.6 Å². The lowest BCUT2D eigenvalue weighted by Crippen LogP contribution is -2.38. The van der Waals surface area contributed by atoms with Crippen LogP contribution >= 0.6 is 0 Å². The molecule has 3 N–H and O–H groups in total. The first kappa shape index (κ1) is 27.3. The molecule has 2 heterocycles. The van der Waals surface area contributed by atoms with Gasteiger partial charge in [0, 0.05) is 49.3 Å². The van der Waals surface area contributed by atoms with Gasteiger partial charge in [0.1, 0.15) is 0 Å². The molecule has 1 amide bonds. The number of anilines is 2. The maximum absolute atomic E-state index is 13.4. The number of ether oxygens (including phenoxy) is 1. The number of amides is 1. The zero-order chi connectivity index (χ0) is 28.9. The number of para-hydroxylation sites is 1. The van der Waals surface area contributed by atoms with Gasteiger partial charge in [0.05, 0.1) is 22.5 Å². The smallest absolute Gasteiger partial charge is 0.422 e. The highest BCUT2D eigenvalue weighted by Crippen LogP contribution is 2.46. The molecule has 13 heteroatoms. The number of aromatic carboxylic acids is 1. The third-order valence-electron chi connectivity index (χ3n) is 7.45. The number of aromatic nitrogens is 2. The van der Waals surface area contributed by atoms with Crippen LogP contribution in [0, 0.1) is 18.8 Å². The number of rotatable bonds is 7. The quantitative estimate of drug-likeness (QED) is 0.399. The average molecular weight is 560 g/mol. The van der Waals surface area contributed by atoms with Crippen molar-refractivity contribution in [1.82, 2.24) is 14.9 Å². The molecular formula is C27H28F3N5O5. The summed E-state index contributed by atoms with van der Waals surface area (Å²) >= 11 is 0. The van der Waals surface area contributed by atoms with Crippen molar-refractivity contribution in [3.63, 3.8) is 0 Å². The Labute approximate surface area is 226 Å². The number of piperidine rings is 1. The number of alkyl carbamates (subject to hydrolysis) is 1. The molecule has 0 bridgehead atoms. The molecule has 1 saturated heterocycles. The van der Waals surface area contributed by atoms with Crippen LogP contribution in [0.2, 0.25) is 0 Å². The van der Waals surface area contributed by atoms with Crippen molar-refractivity contribution < 1.29 is 32.6 Å². The van der Waals surface area contributed by atoms with Gasteiger partial charge in [-0.05, 0) is 37.6 Å². The Morgan fingerprint density at radius 2 is 1.88 bits per heavy atom. The van der Waals surface area contributed by atoms with Gasteiger partial charge in [-0.3, -0.25) is 9.36 Å². The largest absolute Gasteiger partial charge is 0.478 e. The minimum Gasteiger partial charge on any atom is -0.478 e. The Hall–Kier alpha value is -4.29. The van der Waals surface area contributed by atoms with E-state index in [1.807, 2.05) is 24.8 Å². The van der Waals surface area contributed by atoms with Crippen molar-refractivity contribution in [3.8, 4) is 0 Å². The minimum atomic E-state index is -4.59. The van der Waals surface area contributed by atoms with Gasteiger partial charge < -0.3 is 25.4 Å². The van der Waals surface area contributed by atoms with Crippen LogP contribution in [0.5, 0.6) is 0 Å². The predicted octanol–water partition coefficient (Wildman–Crippen LogP) is 3.84. The van der Waals surface area contributed by atoms with Crippen LogP contribution < -0.4 is 21.1 Å². The first-order valence-corrected chi connectivity index (χ1v) is 12.7. The molecule has 2 aliphatic rings. The molecule has 2 fully saturated rings. The molecule has 0 radical (unpaired) electrons. The van der Waals surface area contributed by atoms with Crippen molar-refractivity contribution in [1.29, 1.82) is 0 Å². The highest BCUT2D eigenvalue weighted by Gasteiger charge is 2.57. The van der Waals surface area contributed by atoms with Crippen LogP contribution in [0.25, 0.3) is 10.9 Å². The third kappa shape index (κ3) is 5.27. The second-order valence-electron chi connectivity index (χ2n) is 10.3. The summed E-state index contributed by atoms with van der Waals surface area (Å²) in [5.74, 6) is -0.632. The number of benzene rings is 2. The molecule has 212 valence electrons. The van der Waals surface area contributed by atoms with E-state index >= 15 is 0 Å². The number of carboxylic acid groups (broad SMARTS) is 1. The summed E-state index contributed by atoms with van der Waals surface area (Å²) in [6.45, 7) is 3.01. The maximum Gasteiger partial charge on any atom is 0.422 e. The van der Waals surface area contributed by atoms with Crippen LogP contribution in [-0.4, -0.2) is 58.6 Å². The Kier molecular flexibility index (Phi) is 6.84. The molecule has 4 atom stereocenters. The van der Waals surface area contributed by atoms with Gasteiger partial charge in [-0.1, -0.05) is 18.2 Å². The molecule has 40 heavy (non-hydrogen) atoms. The Morgan fingerprint density at radius 3 is 2.52 bits per heavy atom. The van der Waals surface area contributed by atoms with Crippen LogP contribution in [0.4, 0.5) is 29.6 Å². The van der Waals surface area contributed by atoms with E-state index in [4.69, 9.17) is 4.98 Å². The Balaban J connectivity index is 1.38. The number of carboxylic acids is 1. The van der Waals surface area contributed by atoms with Gasteiger partial charge in [-0.25, -0.2) is 14.6 Å². The molecular weight excluding hydrogens is 531 g/mol. The second-order valence-corrected chi connectivity index (χ2v) is 10.3. The van der Waals surface area contributed by atoms with E-state index in [1.165, 1.54) is 10.6 Å². The number of carbonyl (C=O) groups is 2. The molecule has 5 rings (SSSR count). The summed E-state index contributed by atoms with van der Waals surface area (Å²) in [7, 11) is 1.63. The molecule has 1 aliphatic carbocycles. The highest BCUT2D eigenvalue weighted by atomic mass is 19.4. The van der Waals surface area contributed by atoms with Gasteiger partial charge in [-0.2, -0.15) is 13.2 Å². The zero-order valence-electron chi connectivity index (χ0n) is 22.0. The summed E-state index contributed by atoms with van der Waals surface area (Å²) in [5, 5.41) is 15.7. The van der Waals surface area contributed by atoms with Crippen molar-refractivity contribution in [2.45, 2.75) is 32.1 Å². The van der Waals surface area contributed by atoms with Crippen molar-refractivity contribution in [2.24, 2.45) is 18.9 Å². The first-order chi connectivity index (χ1) is 18.8. The molecule has 0 spiro atoms. The monoisotopic (exact) mass is 559 g/mol. The molecule has 10 nitrogen and oxygen atoms in total. The lowest BCUT2D eigenvalue weighted by molar-refractivity contribution is -0.160. The van der Waals surface area contributed by atoms with Crippen LogP contribution in [0.1, 0.15) is 34.5 Å². The van der Waals surface area contributed by atoms with Gasteiger partial charge >= 0.3 is 18.2 Å². The number of carbonyl (C=O) groups excluding carboxylic acids is 1. The summed E-state index contributed by atoms with van der Waals surface area (Å²) in [6.07, 6.45) is -5.70. The number of hydrogen-bond donors (Lipinski definition) is 3. The summed E-state index contributed by atoms with van der Waals surface area (Å²) in [4.78, 5) is 43.7. The molecule has 1 saturated carbocycles. The minimum absolute atomic E-state index is 0.00312. The average Bonchev–Trinajstić information content (AvgIpc) is 3.30. The van der Waals surface area contributed by atoms with E-state index in [1.54, 1.807) is 31.3 Å². The van der Waals surface area contributed by atoms with E-state index < -0.39 is 30.9 Å². The van der Waals surface area contributed by atoms with E-state index in [9.17, 15) is 32.7 Å². The van der Waals surface area contributed by atoms with Crippen LogP contribution in [0.3, 0.4) is 0 Å². The van der Waals surface area contributed by atoms with Gasteiger partial charge in [-0.15, -0.1) is 0 Å². The van der Waals surface area contributed by atoms with Crippen molar-refractivity contribution in [2.75, 3.05) is 29.9 Å². The first-order valence-electron chi connectivity index (χ1n) is 12.7. The summed E-state index contributed by atoms with van der Waals surface area (Å²) < 4.78 is 42.6. The standard InChI is InChI=1S/C27H28F3N5O5/c1-13-8-16(14(2)31-20-7-5-4-6-15(20)24(37)38)21-17(9-13)23(36)34(3)25(32-21)35-10-18-19(11-35)22(18)33-26(39)40-12-27(28,29)30/h4-9,14,18-19,22,31H,10-12H2,1-3H3,(H,33,39)(H,37,38)/t14?,18-,19+,22?. The lowest BCUT2D eigenvalue weighted by atomic mass is 10.0. The number of hydrogen-bond acceptors (Lipinski definition) is 7. The number of fused-ring (bicyclic) bond motifs is 2. The van der Waals surface area contributed by atoms with E-state index in [-0.39, 0.29) is 29.0 Å². The fraction of sp³-hybridized carbons (Fsp3) is 0.407. The highest BCUT2D eigenvalue weighted by molar-refractivity contribution is 5.94. The number of aryl methyl sites for hydroxylation is 1. The third-order valence-corrected chi connectivity index (χ3v) is 7.45.